The SMILES string of the molecule is C/C=C(\CCCCC)[Si]c1ccccc1. The third-order valence-electron chi connectivity index (χ3n) is 2.48. The molecule has 0 unspecified atom stereocenters. The summed E-state index contributed by atoms with van der Waals surface area (Å²) in [5.74, 6) is 0. The maximum absolute atomic E-state index is 2.29. The number of hydrogen-bond acceptors (Lipinski definition) is 0. The van der Waals surface area contributed by atoms with Gasteiger partial charge in [0.15, 0.2) is 0 Å². The molecule has 0 amide bonds. The molecule has 0 heterocycles. The molecule has 80 valence electrons. The van der Waals surface area contributed by atoms with Crippen molar-refractivity contribution in [3.63, 3.8) is 0 Å². The van der Waals surface area contributed by atoms with Crippen LogP contribution in [0.15, 0.2) is 41.6 Å². The van der Waals surface area contributed by atoms with Gasteiger partial charge in [-0.3, -0.25) is 0 Å². The van der Waals surface area contributed by atoms with Crippen LogP contribution in [0.3, 0.4) is 0 Å². The molecule has 0 aliphatic heterocycles. The highest BCUT2D eigenvalue weighted by molar-refractivity contribution is 6.60. The Morgan fingerprint density at radius 1 is 1.20 bits per heavy atom. The Kier molecular flexibility index (Phi) is 6.10. The third-order valence-corrected chi connectivity index (χ3v) is 3.96. The molecular formula is C14H20Si. The highest BCUT2D eigenvalue weighted by Crippen LogP contribution is 2.07. The lowest BCUT2D eigenvalue weighted by Crippen LogP contribution is -2.15. The minimum Gasteiger partial charge on any atom is -0.0924 e. The monoisotopic (exact) mass is 216 g/mol. The molecule has 1 heteroatoms. The Hall–Kier alpha value is -0.823. The van der Waals surface area contributed by atoms with E-state index in [0.29, 0.717) is 0 Å². The molecule has 2 radical (unpaired) electrons. The quantitative estimate of drug-likeness (QED) is 0.504. The van der Waals surface area contributed by atoms with Crippen LogP contribution >= 0.6 is 0 Å². The summed E-state index contributed by atoms with van der Waals surface area (Å²) in [4.78, 5) is 0. The van der Waals surface area contributed by atoms with Gasteiger partial charge in [0.25, 0.3) is 0 Å². The fourth-order valence-electron chi connectivity index (χ4n) is 1.55. The Morgan fingerprint density at radius 2 is 1.93 bits per heavy atom. The summed E-state index contributed by atoms with van der Waals surface area (Å²) in [6, 6.07) is 10.8. The molecule has 0 fully saturated rings. The van der Waals surface area contributed by atoms with Crippen molar-refractivity contribution in [2.45, 2.75) is 39.5 Å². The van der Waals surface area contributed by atoms with Crippen molar-refractivity contribution >= 4 is 14.7 Å². The normalized spacial score (nSPS) is 11.7. The zero-order chi connectivity index (χ0) is 10.9. The second kappa shape index (κ2) is 7.47. The van der Waals surface area contributed by atoms with Crippen molar-refractivity contribution in [1.29, 1.82) is 0 Å². The van der Waals surface area contributed by atoms with E-state index in [1.807, 2.05) is 0 Å². The molecule has 0 aliphatic rings. The minimum absolute atomic E-state index is 0.868. The van der Waals surface area contributed by atoms with Crippen molar-refractivity contribution in [2.24, 2.45) is 0 Å². The number of benzene rings is 1. The van der Waals surface area contributed by atoms with Crippen LogP contribution in [0.2, 0.25) is 0 Å². The fraction of sp³-hybridized carbons (Fsp3) is 0.429. The molecule has 0 nitrogen and oxygen atoms in total. The number of allylic oxidation sites excluding steroid dienone is 2. The van der Waals surface area contributed by atoms with E-state index in [1.165, 1.54) is 30.9 Å². The topological polar surface area (TPSA) is 0 Å². The molecule has 1 aromatic carbocycles. The predicted molar refractivity (Wildman–Crippen MR) is 69.7 cm³/mol. The summed E-state index contributed by atoms with van der Waals surface area (Å²) in [6.07, 6.45) is 7.58. The second-order valence-electron chi connectivity index (χ2n) is 3.76. The number of rotatable bonds is 6. The second-order valence-corrected chi connectivity index (χ2v) is 5.23. The van der Waals surface area contributed by atoms with Crippen molar-refractivity contribution in [3.05, 3.63) is 41.6 Å². The maximum atomic E-state index is 2.29. The minimum atomic E-state index is 0.868. The van der Waals surface area contributed by atoms with Crippen LogP contribution in [0.5, 0.6) is 0 Å². The Bertz CT molecular complexity index is 287. The summed E-state index contributed by atoms with van der Waals surface area (Å²) < 4.78 is 0. The first-order valence-electron chi connectivity index (χ1n) is 5.84. The van der Waals surface area contributed by atoms with Gasteiger partial charge in [-0.05, 0) is 19.8 Å². The molecule has 1 rings (SSSR count). The van der Waals surface area contributed by atoms with E-state index in [1.54, 1.807) is 5.20 Å². The standard InChI is InChI=1S/C14H20Si/c1-3-5-7-10-13(4-2)15-14-11-8-6-9-12-14/h4,6,8-9,11-12H,3,5,7,10H2,1-2H3/b13-4+. The molecule has 0 N–H and O–H groups in total. The van der Waals surface area contributed by atoms with Gasteiger partial charge in [-0.25, -0.2) is 0 Å². The third kappa shape index (κ3) is 4.98. The van der Waals surface area contributed by atoms with Gasteiger partial charge < -0.3 is 0 Å². The summed E-state index contributed by atoms with van der Waals surface area (Å²) in [7, 11) is 0.868. The van der Waals surface area contributed by atoms with Gasteiger partial charge in [0.05, 0.1) is 0 Å². The maximum Gasteiger partial charge on any atom is 0.115 e. The van der Waals surface area contributed by atoms with Crippen molar-refractivity contribution < 1.29 is 0 Å². The highest BCUT2D eigenvalue weighted by Gasteiger charge is 1.99. The number of unbranched alkanes of at least 4 members (excludes halogenated alkanes) is 2. The van der Waals surface area contributed by atoms with Crippen LogP contribution < -0.4 is 5.19 Å². The largest absolute Gasteiger partial charge is 0.115 e. The predicted octanol–water partition coefficient (Wildman–Crippen LogP) is 3.50. The van der Waals surface area contributed by atoms with Gasteiger partial charge in [0.2, 0.25) is 0 Å². The lowest BCUT2D eigenvalue weighted by Gasteiger charge is -2.05. The van der Waals surface area contributed by atoms with Gasteiger partial charge in [-0.2, -0.15) is 0 Å². The van der Waals surface area contributed by atoms with Crippen molar-refractivity contribution in [1.82, 2.24) is 0 Å². The van der Waals surface area contributed by atoms with Crippen LogP contribution in [-0.2, 0) is 0 Å². The molecule has 0 aliphatic carbocycles. The van der Waals surface area contributed by atoms with Gasteiger partial charge >= 0.3 is 0 Å². The summed E-state index contributed by atoms with van der Waals surface area (Å²) >= 11 is 0. The molecule has 0 bridgehead atoms. The Morgan fingerprint density at radius 3 is 2.53 bits per heavy atom. The summed E-state index contributed by atoms with van der Waals surface area (Å²) in [5.41, 5.74) is 0. The molecule has 0 saturated heterocycles. The van der Waals surface area contributed by atoms with E-state index < -0.39 is 0 Å². The molecule has 1 aromatic rings. The van der Waals surface area contributed by atoms with Crippen LogP contribution in [0.1, 0.15) is 39.5 Å². The molecule has 15 heavy (non-hydrogen) atoms. The van der Waals surface area contributed by atoms with E-state index in [9.17, 15) is 0 Å². The lowest BCUT2D eigenvalue weighted by atomic mass is 10.2. The van der Waals surface area contributed by atoms with E-state index in [0.717, 1.165) is 9.52 Å². The zero-order valence-corrected chi connectivity index (χ0v) is 10.8. The molecule has 0 atom stereocenters. The molecule has 0 spiro atoms. The Balaban J connectivity index is 2.41. The van der Waals surface area contributed by atoms with Crippen LogP contribution in [0, 0.1) is 0 Å². The van der Waals surface area contributed by atoms with Crippen LogP contribution in [0.25, 0.3) is 0 Å². The van der Waals surface area contributed by atoms with Gasteiger partial charge in [0, 0.05) is 0 Å². The van der Waals surface area contributed by atoms with Crippen LogP contribution in [-0.4, -0.2) is 9.52 Å². The molecule has 0 aromatic heterocycles. The summed E-state index contributed by atoms with van der Waals surface area (Å²) in [6.45, 7) is 4.42. The average Bonchev–Trinajstić information content (AvgIpc) is 2.29. The first kappa shape index (κ1) is 12.2. The molecule has 0 saturated carbocycles. The van der Waals surface area contributed by atoms with Crippen molar-refractivity contribution in [2.75, 3.05) is 0 Å². The van der Waals surface area contributed by atoms with E-state index >= 15 is 0 Å². The summed E-state index contributed by atoms with van der Waals surface area (Å²) in [5, 5.41) is 3.07. The fourth-order valence-corrected chi connectivity index (χ4v) is 2.73. The van der Waals surface area contributed by atoms with Crippen LogP contribution in [0.4, 0.5) is 0 Å². The molecular weight excluding hydrogens is 196 g/mol. The first-order valence-corrected chi connectivity index (χ1v) is 6.84. The highest BCUT2D eigenvalue weighted by atomic mass is 28.2. The van der Waals surface area contributed by atoms with Gasteiger partial charge in [-0.1, -0.05) is 66.6 Å². The first-order chi connectivity index (χ1) is 7.36. The van der Waals surface area contributed by atoms with E-state index in [-0.39, 0.29) is 0 Å². The lowest BCUT2D eigenvalue weighted by molar-refractivity contribution is 0.724. The van der Waals surface area contributed by atoms with E-state index in [2.05, 4.69) is 50.3 Å². The zero-order valence-electron chi connectivity index (χ0n) is 9.79. The van der Waals surface area contributed by atoms with Crippen molar-refractivity contribution in [3.8, 4) is 0 Å². The average molecular weight is 216 g/mol. The number of hydrogen-bond donors (Lipinski definition) is 0. The van der Waals surface area contributed by atoms with Gasteiger partial charge in [0.1, 0.15) is 9.52 Å². The van der Waals surface area contributed by atoms with E-state index in [4.69, 9.17) is 0 Å². The Labute approximate surface area is 96.2 Å². The van der Waals surface area contributed by atoms with Gasteiger partial charge in [-0.15, -0.1) is 0 Å². The smallest absolute Gasteiger partial charge is 0.0924 e.